The van der Waals surface area contributed by atoms with E-state index in [4.69, 9.17) is 0 Å². The molecule has 0 aliphatic heterocycles. The summed E-state index contributed by atoms with van der Waals surface area (Å²) < 4.78 is 0. The van der Waals surface area contributed by atoms with Gasteiger partial charge in [0.25, 0.3) is 0 Å². The van der Waals surface area contributed by atoms with Gasteiger partial charge in [0.1, 0.15) is 0 Å². The first-order valence-electron chi connectivity index (χ1n) is 8.08. The summed E-state index contributed by atoms with van der Waals surface area (Å²) in [4.78, 5) is 3.49. The normalized spacial score (nSPS) is 11.5. The summed E-state index contributed by atoms with van der Waals surface area (Å²) in [5, 5.41) is 6.08. The highest BCUT2D eigenvalue weighted by molar-refractivity contribution is 6.07. The van der Waals surface area contributed by atoms with Gasteiger partial charge in [0.15, 0.2) is 0 Å². The van der Waals surface area contributed by atoms with Gasteiger partial charge in [-0.3, -0.25) is 0 Å². The number of aromatic amines is 1. The molecule has 0 fully saturated rings. The van der Waals surface area contributed by atoms with Gasteiger partial charge >= 0.3 is 0 Å². The number of fused-ring (bicyclic) bond motifs is 3. The third-order valence-corrected chi connectivity index (χ3v) is 4.14. The van der Waals surface area contributed by atoms with Crippen molar-refractivity contribution in [3.05, 3.63) is 48.0 Å². The maximum absolute atomic E-state index is 3.49. The fourth-order valence-corrected chi connectivity index (χ4v) is 2.98. The molecule has 2 heteroatoms. The van der Waals surface area contributed by atoms with Crippen LogP contribution in [0.15, 0.2) is 42.5 Å². The number of para-hydroxylation sites is 1. The van der Waals surface area contributed by atoms with Gasteiger partial charge in [-0.25, -0.2) is 0 Å². The van der Waals surface area contributed by atoms with Crippen LogP contribution in [0.25, 0.3) is 21.8 Å². The highest BCUT2D eigenvalue weighted by Crippen LogP contribution is 2.26. The van der Waals surface area contributed by atoms with E-state index in [1.54, 1.807) is 0 Å². The van der Waals surface area contributed by atoms with E-state index >= 15 is 0 Å². The Labute approximate surface area is 126 Å². The Morgan fingerprint density at radius 1 is 0.905 bits per heavy atom. The van der Waals surface area contributed by atoms with E-state index in [0.717, 1.165) is 13.1 Å². The Kier molecular flexibility index (Phi) is 4.56. The summed E-state index contributed by atoms with van der Waals surface area (Å²) in [5.41, 5.74) is 3.93. The third-order valence-electron chi connectivity index (χ3n) is 4.14. The molecule has 0 saturated carbocycles. The number of benzene rings is 2. The number of unbranched alkanes of at least 4 members (excludes halogenated alkanes) is 2. The van der Waals surface area contributed by atoms with Crippen LogP contribution in [0.3, 0.4) is 0 Å². The zero-order valence-electron chi connectivity index (χ0n) is 12.8. The molecule has 1 heterocycles. The van der Waals surface area contributed by atoms with Crippen LogP contribution in [-0.2, 0) is 6.42 Å². The van der Waals surface area contributed by atoms with Gasteiger partial charge in [-0.15, -0.1) is 0 Å². The van der Waals surface area contributed by atoms with Crippen molar-refractivity contribution >= 4 is 21.8 Å². The number of aryl methyl sites for hydroxylation is 1. The van der Waals surface area contributed by atoms with E-state index in [1.165, 1.54) is 53.1 Å². The molecule has 110 valence electrons. The average Bonchev–Trinajstić information content (AvgIpc) is 2.89. The number of aromatic nitrogens is 1. The highest BCUT2D eigenvalue weighted by Gasteiger charge is 2.04. The Morgan fingerprint density at radius 2 is 1.76 bits per heavy atom. The van der Waals surface area contributed by atoms with Gasteiger partial charge in [0, 0.05) is 21.8 Å². The Hall–Kier alpha value is -1.80. The molecule has 0 spiro atoms. The SMILES string of the molecule is CCNCCCCCc1ccc2[nH]c3ccccc3c2c1. The molecule has 0 unspecified atom stereocenters. The van der Waals surface area contributed by atoms with E-state index < -0.39 is 0 Å². The summed E-state index contributed by atoms with van der Waals surface area (Å²) in [6.45, 7) is 4.39. The smallest absolute Gasteiger partial charge is 0.0465 e. The molecule has 0 saturated heterocycles. The first-order valence-corrected chi connectivity index (χ1v) is 8.08. The Morgan fingerprint density at radius 3 is 2.67 bits per heavy atom. The molecular formula is C19H24N2. The second-order valence-electron chi connectivity index (χ2n) is 5.71. The summed E-state index contributed by atoms with van der Waals surface area (Å²) in [6, 6.07) is 15.4. The second-order valence-corrected chi connectivity index (χ2v) is 5.71. The molecule has 3 aromatic rings. The predicted octanol–water partition coefficient (Wildman–Crippen LogP) is 4.64. The lowest BCUT2D eigenvalue weighted by molar-refractivity contribution is 0.617. The van der Waals surface area contributed by atoms with Crippen LogP contribution >= 0.6 is 0 Å². The number of H-pyrrole nitrogens is 1. The summed E-state index contributed by atoms with van der Waals surface area (Å²) in [6.07, 6.45) is 5.04. The third kappa shape index (κ3) is 3.27. The van der Waals surface area contributed by atoms with Gasteiger partial charge in [-0.05, 0) is 56.1 Å². The number of hydrogen-bond donors (Lipinski definition) is 2. The first-order chi connectivity index (χ1) is 10.4. The lowest BCUT2D eigenvalue weighted by atomic mass is 10.0. The van der Waals surface area contributed by atoms with Crippen LogP contribution in [-0.4, -0.2) is 18.1 Å². The maximum Gasteiger partial charge on any atom is 0.0465 e. The summed E-state index contributed by atoms with van der Waals surface area (Å²) in [7, 11) is 0. The molecule has 0 aliphatic carbocycles. The van der Waals surface area contributed by atoms with Crippen LogP contribution in [0.2, 0.25) is 0 Å². The van der Waals surface area contributed by atoms with Crippen LogP contribution < -0.4 is 5.32 Å². The molecule has 0 bridgehead atoms. The lowest BCUT2D eigenvalue weighted by Crippen LogP contribution is -2.13. The van der Waals surface area contributed by atoms with E-state index in [1.807, 2.05) is 0 Å². The van der Waals surface area contributed by atoms with E-state index in [2.05, 4.69) is 59.7 Å². The van der Waals surface area contributed by atoms with Crippen LogP contribution in [0, 0.1) is 0 Å². The molecule has 3 rings (SSSR count). The standard InChI is InChI=1S/C19H24N2/c1-2-20-13-7-3-4-8-15-11-12-19-17(14-15)16-9-5-6-10-18(16)21-19/h5-6,9-12,14,20-21H,2-4,7-8,13H2,1H3. The summed E-state index contributed by atoms with van der Waals surface area (Å²) in [5.74, 6) is 0. The summed E-state index contributed by atoms with van der Waals surface area (Å²) >= 11 is 0. The number of hydrogen-bond acceptors (Lipinski definition) is 1. The van der Waals surface area contributed by atoms with Crippen molar-refractivity contribution < 1.29 is 0 Å². The van der Waals surface area contributed by atoms with Crippen molar-refractivity contribution in [3.63, 3.8) is 0 Å². The molecule has 2 aromatic carbocycles. The van der Waals surface area contributed by atoms with E-state index in [-0.39, 0.29) is 0 Å². The number of nitrogens with one attached hydrogen (secondary N) is 2. The monoisotopic (exact) mass is 280 g/mol. The quantitative estimate of drug-likeness (QED) is 0.606. The minimum Gasteiger partial charge on any atom is -0.355 e. The van der Waals surface area contributed by atoms with E-state index in [0.29, 0.717) is 0 Å². The van der Waals surface area contributed by atoms with Crippen LogP contribution in [0.5, 0.6) is 0 Å². The van der Waals surface area contributed by atoms with Crippen molar-refractivity contribution in [3.8, 4) is 0 Å². The van der Waals surface area contributed by atoms with Crippen LogP contribution in [0.1, 0.15) is 31.7 Å². The topological polar surface area (TPSA) is 27.8 Å². The molecule has 2 nitrogen and oxygen atoms in total. The zero-order valence-corrected chi connectivity index (χ0v) is 12.8. The van der Waals surface area contributed by atoms with Crippen LogP contribution in [0.4, 0.5) is 0 Å². The van der Waals surface area contributed by atoms with Gasteiger partial charge in [0.2, 0.25) is 0 Å². The predicted molar refractivity (Wildman–Crippen MR) is 91.9 cm³/mol. The second kappa shape index (κ2) is 6.77. The van der Waals surface area contributed by atoms with Crippen molar-refractivity contribution in [1.82, 2.24) is 10.3 Å². The Balaban J connectivity index is 1.68. The molecule has 0 atom stereocenters. The first kappa shape index (κ1) is 14.2. The average molecular weight is 280 g/mol. The van der Waals surface area contributed by atoms with Gasteiger partial charge in [-0.2, -0.15) is 0 Å². The van der Waals surface area contributed by atoms with Crippen molar-refractivity contribution in [2.24, 2.45) is 0 Å². The molecule has 1 aromatic heterocycles. The molecule has 0 amide bonds. The minimum atomic E-state index is 1.08. The Bertz CT molecular complexity index is 712. The highest BCUT2D eigenvalue weighted by atomic mass is 14.8. The fourth-order valence-electron chi connectivity index (χ4n) is 2.98. The van der Waals surface area contributed by atoms with Crippen molar-refractivity contribution in [2.75, 3.05) is 13.1 Å². The minimum absolute atomic E-state index is 1.08. The lowest BCUT2D eigenvalue weighted by Gasteiger charge is -2.03. The molecule has 2 N–H and O–H groups in total. The van der Waals surface area contributed by atoms with Crippen molar-refractivity contribution in [2.45, 2.75) is 32.6 Å². The van der Waals surface area contributed by atoms with Crippen molar-refractivity contribution in [1.29, 1.82) is 0 Å². The molecule has 0 radical (unpaired) electrons. The van der Waals surface area contributed by atoms with Gasteiger partial charge in [-0.1, -0.05) is 37.6 Å². The molecule has 0 aliphatic rings. The molecular weight excluding hydrogens is 256 g/mol. The largest absolute Gasteiger partial charge is 0.355 e. The number of rotatable bonds is 7. The zero-order chi connectivity index (χ0) is 14.5. The fraction of sp³-hybridized carbons (Fsp3) is 0.368. The van der Waals surface area contributed by atoms with Gasteiger partial charge in [0.05, 0.1) is 0 Å². The van der Waals surface area contributed by atoms with Gasteiger partial charge < -0.3 is 10.3 Å². The maximum atomic E-state index is 3.49. The molecule has 21 heavy (non-hydrogen) atoms. The van der Waals surface area contributed by atoms with E-state index in [9.17, 15) is 0 Å².